The second kappa shape index (κ2) is 51.0. The molecule has 0 aromatic carbocycles. The Morgan fingerprint density at radius 2 is 0.866 bits per heavy atom. The summed E-state index contributed by atoms with van der Waals surface area (Å²) in [5, 5.41) is 8.94. The molecule has 0 aromatic heterocycles. The van der Waals surface area contributed by atoms with E-state index in [0.717, 1.165) is 96.3 Å². The van der Waals surface area contributed by atoms with Crippen LogP contribution in [-0.2, 0) is 32.7 Å². The Bertz CT molecular complexity index is 1390. The summed E-state index contributed by atoms with van der Waals surface area (Å²) in [6, 6.07) is -1.48. The smallest absolute Gasteiger partial charge is 0.472 e. The lowest BCUT2D eigenvalue weighted by atomic mass is 10.1. The molecule has 3 atom stereocenters. The van der Waals surface area contributed by atoms with Crippen LogP contribution in [0.1, 0.15) is 219 Å². The Hall–Kier alpha value is -2.85. The Kier molecular flexibility index (Phi) is 48.8. The zero-order valence-corrected chi connectivity index (χ0v) is 43.4. The van der Waals surface area contributed by atoms with Crippen molar-refractivity contribution in [3.8, 4) is 0 Å². The van der Waals surface area contributed by atoms with Crippen LogP contribution in [0.15, 0.2) is 85.1 Å². The zero-order chi connectivity index (χ0) is 49.0. The van der Waals surface area contributed by atoms with Crippen LogP contribution < -0.4 is 5.73 Å². The predicted molar refractivity (Wildman–Crippen MR) is 281 cm³/mol. The number of carboxylic acid groups (broad SMARTS) is 1. The van der Waals surface area contributed by atoms with E-state index in [9.17, 15) is 19.0 Å². The predicted octanol–water partition coefficient (Wildman–Crippen LogP) is 15.9. The van der Waals surface area contributed by atoms with E-state index in [2.05, 4.69) is 98.9 Å². The first-order chi connectivity index (χ1) is 32.7. The van der Waals surface area contributed by atoms with Crippen LogP contribution in [-0.4, -0.2) is 60.5 Å². The van der Waals surface area contributed by atoms with Gasteiger partial charge >= 0.3 is 19.8 Å². The van der Waals surface area contributed by atoms with Crippen molar-refractivity contribution in [2.24, 2.45) is 5.73 Å². The third-order valence-electron chi connectivity index (χ3n) is 11.2. The van der Waals surface area contributed by atoms with Crippen LogP contribution in [0.25, 0.3) is 0 Å². The van der Waals surface area contributed by atoms with Crippen molar-refractivity contribution in [1.82, 2.24) is 0 Å². The van der Waals surface area contributed by atoms with Gasteiger partial charge in [-0.15, -0.1) is 0 Å². The lowest BCUT2D eigenvalue weighted by Gasteiger charge is -2.20. The number of ether oxygens (including phenoxy) is 2. The van der Waals surface area contributed by atoms with Gasteiger partial charge in [0.1, 0.15) is 12.1 Å². The first kappa shape index (κ1) is 64.2. The quantitative estimate of drug-likeness (QED) is 0.0232. The number of phosphoric ester groups is 1. The van der Waals surface area contributed by atoms with Crippen molar-refractivity contribution in [3.63, 3.8) is 0 Å². The number of allylic oxidation sites excluding steroid dienone is 14. The van der Waals surface area contributed by atoms with Crippen LogP contribution in [0, 0.1) is 0 Å². The van der Waals surface area contributed by atoms with Crippen LogP contribution >= 0.6 is 7.82 Å². The molecular weight excluding hydrogens is 862 g/mol. The van der Waals surface area contributed by atoms with Gasteiger partial charge in [-0.05, 0) is 89.9 Å². The minimum atomic E-state index is -4.63. The standard InChI is InChI=1S/C56H98NO9P/c1-3-5-7-9-11-13-15-17-19-21-23-25-26-27-29-31-33-35-37-39-41-43-45-47-49-63-50-53(51-64-67(61,62)65-52-54(57)56(59)60)66-55(58)48-46-44-42-40-38-36-34-32-30-28-24-22-20-18-16-14-12-10-8-6-4-2/h5,7,11,13,16-19,22-25,30,32,53-54H,3-4,6,8-10,12,14-15,20-21,26-29,31,33-52,57H2,1-2H3,(H,59,60)(H,61,62)/b7-5-,13-11-,18-16-,19-17-,24-22-,25-23-,32-30-. The SMILES string of the molecule is CC/C=C\C/C=C\C/C=C\C/C=C\CCCCCCCCCCCCCOCC(COP(=O)(O)OCC(N)C(=O)O)OC(=O)CCCCCCCC/C=C\C/C=C\C/C=C\CCCCCCC. The van der Waals surface area contributed by atoms with Crippen LogP contribution in [0.2, 0.25) is 0 Å². The second-order valence-corrected chi connectivity index (χ2v) is 19.1. The average molecular weight is 960 g/mol. The minimum Gasteiger partial charge on any atom is -0.480 e. The number of phosphoric acid groups is 1. The molecule has 0 rings (SSSR count). The van der Waals surface area contributed by atoms with Gasteiger partial charge in [0.25, 0.3) is 0 Å². The molecule has 67 heavy (non-hydrogen) atoms. The molecule has 0 amide bonds. The molecule has 0 aliphatic heterocycles. The molecule has 0 fully saturated rings. The molecule has 0 saturated heterocycles. The van der Waals surface area contributed by atoms with Gasteiger partial charge in [0.15, 0.2) is 0 Å². The number of carboxylic acids is 1. The van der Waals surface area contributed by atoms with Crippen LogP contribution in [0.3, 0.4) is 0 Å². The Balaban J connectivity index is 4.16. The molecule has 3 unspecified atom stereocenters. The lowest BCUT2D eigenvalue weighted by molar-refractivity contribution is -0.154. The number of carbonyl (C=O) groups excluding carboxylic acids is 1. The molecule has 386 valence electrons. The molecule has 0 aliphatic carbocycles. The summed E-state index contributed by atoms with van der Waals surface area (Å²) in [6.45, 7) is 3.74. The molecule has 0 heterocycles. The van der Waals surface area contributed by atoms with Gasteiger partial charge < -0.3 is 25.2 Å². The fraction of sp³-hybridized carbons (Fsp3) is 0.714. The lowest BCUT2D eigenvalue weighted by Crippen LogP contribution is -2.34. The number of hydrogen-bond donors (Lipinski definition) is 3. The summed E-state index contributed by atoms with van der Waals surface area (Å²) in [7, 11) is -4.63. The van der Waals surface area contributed by atoms with Gasteiger partial charge in [-0.1, -0.05) is 208 Å². The maximum Gasteiger partial charge on any atom is 0.472 e. The highest BCUT2D eigenvalue weighted by molar-refractivity contribution is 7.47. The van der Waals surface area contributed by atoms with E-state index in [1.54, 1.807) is 0 Å². The molecule has 0 radical (unpaired) electrons. The summed E-state index contributed by atoms with van der Waals surface area (Å²) in [5.41, 5.74) is 5.38. The van der Waals surface area contributed by atoms with E-state index < -0.39 is 45.1 Å². The first-order valence-electron chi connectivity index (χ1n) is 26.6. The first-order valence-corrected chi connectivity index (χ1v) is 28.1. The van der Waals surface area contributed by atoms with E-state index in [4.69, 9.17) is 29.4 Å². The summed E-state index contributed by atoms with van der Waals surface area (Å²) in [4.78, 5) is 33.7. The largest absolute Gasteiger partial charge is 0.480 e. The number of hydrogen-bond acceptors (Lipinski definition) is 8. The normalized spacial score (nSPS) is 14.3. The van der Waals surface area contributed by atoms with Crippen LogP contribution in [0.5, 0.6) is 0 Å². The molecule has 10 nitrogen and oxygen atoms in total. The highest BCUT2D eigenvalue weighted by Crippen LogP contribution is 2.43. The molecular formula is C56H98NO9P. The van der Waals surface area contributed by atoms with Gasteiger partial charge in [0, 0.05) is 13.0 Å². The number of aliphatic carboxylic acids is 1. The van der Waals surface area contributed by atoms with Gasteiger partial charge in [0.05, 0.1) is 19.8 Å². The monoisotopic (exact) mass is 960 g/mol. The summed E-state index contributed by atoms with van der Waals surface area (Å²) >= 11 is 0. The van der Waals surface area contributed by atoms with Crippen LogP contribution in [0.4, 0.5) is 0 Å². The van der Waals surface area contributed by atoms with Crippen molar-refractivity contribution < 1.29 is 42.7 Å². The van der Waals surface area contributed by atoms with Crippen molar-refractivity contribution in [2.45, 2.75) is 231 Å². The summed E-state index contributed by atoms with van der Waals surface area (Å²) in [5.74, 6) is -1.79. The van der Waals surface area contributed by atoms with E-state index in [-0.39, 0.29) is 13.0 Å². The number of rotatable bonds is 50. The minimum absolute atomic E-state index is 0.00517. The molecule has 0 bridgehead atoms. The molecule has 0 aromatic rings. The molecule has 0 saturated carbocycles. The molecule has 4 N–H and O–H groups in total. The van der Waals surface area contributed by atoms with E-state index in [1.165, 1.54) is 96.3 Å². The highest BCUT2D eigenvalue weighted by atomic mass is 31.2. The number of esters is 1. The second-order valence-electron chi connectivity index (χ2n) is 17.6. The molecule has 0 spiro atoms. The van der Waals surface area contributed by atoms with E-state index in [0.29, 0.717) is 13.0 Å². The van der Waals surface area contributed by atoms with Crippen molar-refractivity contribution >= 4 is 19.8 Å². The van der Waals surface area contributed by atoms with Crippen molar-refractivity contribution in [2.75, 3.05) is 26.4 Å². The third-order valence-corrected chi connectivity index (χ3v) is 12.1. The van der Waals surface area contributed by atoms with E-state index in [1.807, 2.05) is 0 Å². The highest BCUT2D eigenvalue weighted by Gasteiger charge is 2.27. The number of unbranched alkanes of at least 4 members (excludes halogenated alkanes) is 22. The Morgan fingerprint density at radius 3 is 1.30 bits per heavy atom. The molecule has 0 aliphatic rings. The van der Waals surface area contributed by atoms with E-state index >= 15 is 0 Å². The Morgan fingerprint density at radius 1 is 0.493 bits per heavy atom. The topological polar surface area (TPSA) is 155 Å². The van der Waals surface area contributed by atoms with Crippen molar-refractivity contribution in [1.29, 1.82) is 0 Å². The van der Waals surface area contributed by atoms with Gasteiger partial charge in [0.2, 0.25) is 0 Å². The fourth-order valence-corrected chi connectivity index (χ4v) is 7.85. The average Bonchev–Trinajstić information content (AvgIpc) is 3.31. The maximum atomic E-state index is 12.7. The van der Waals surface area contributed by atoms with Gasteiger partial charge in [-0.25, -0.2) is 4.57 Å². The molecule has 11 heteroatoms. The third kappa shape index (κ3) is 50.8. The zero-order valence-electron chi connectivity index (χ0n) is 42.5. The maximum absolute atomic E-state index is 12.7. The Labute approximate surface area is 409 Å². The van der Waals surface area contributed by atoms with Crippen molar-refractivity contribution in [3.05, 3.63) is 85.1 Å². The fourth-order valence-electron chi connectivity index (χ4n) is 7.07. The van der Waals surface area contributed by atoms with Gasteiger partial charge in [-0.2, -0.15) is 0 Å². The number of carbonyl (C=O) groups is 2. The van der Waals surface area contributed by atoms with Gasteiger partial charge in [-0.3, -0.25) is 18.6 Å². The summed E-state index contributed by atoms with van der Waals surface area (Å²) in [6.07, 6.45) is 66.4. The summed E-state index contributed by atoms with van der Waals surface area (Å²) < 4.78 is 33.5. The number of nitrogens with two attached hydrogens (primary N) is 1.